The summed E-state index contributed by atoms with van der Waals surface area (Å²) in [6, 6.07) is 13.3. The summed E-state index contributed by atoms with van der Waals surface area (Å²) in [5, 5.41) is 1.93. The molecule has 0 aliphatic carbocycles. The number of hydrogen-bond acceptors (Lipinski definition) is 5. The zero-order valence-corrected chi connectivity index (χ0v) is 16.9. The van der Waals surface area contributed by atoms with Crippen LogP contribution in [0.4, 0.5) is 5.69 Å². The number of halogens is 2. The third kappa shape index (κ3) is 3.73. The van der Waals surface area contributed by atoms with Crippen molar-refractivity contribution >= 4 is 51.7 Å². The van der Waals surface area contributed by atoms with Gasteiger partial charge in [0.15, 0.2) is 5.17 Å². The van der Waals surface area contributed by atoms with E-state index < -0.39 is 0 Å². The highest BCUT2D eigenvalue weighted by Gasteiger charge is 2.42. The molecule has 0 radical (unpaired) electrons. The summed E-state index contributed by atoms with van der Waals surface area (Å²) in [6.07, 6.45) is -0.262. The lowest BCUT2D eigenvalue weighted by atomic mass is 10.0. The second kappa shape index (κ2) is 7.81. The molecular formula is C19H18Cl2N4OS. The number of rotatable bonds is 3. The number of thioether (sulfide) groups is 1. The number of carbonyl (C=O) groups excluding carboxylic acids is 1. The molecule has 2 N–H and O–H groups in total. The third-order valence-corrected chi connectivity index (χ3v) is 6.26. The van der Waals surface area contributed by atoms with Gasteiger partial charge >= 0.3 is 0 Å². The minimum atomic E-state index is -0.262. The lowest BCUT2D eigenvalue weighted by Crippen LogP contribution is -2.49. The quantitative estimate of drug-likeness (QED) is 0.787. The Morgan fingerprint density at radius 2 is 2.07 bits per heavy atom. The fourth-order valence-electron chi connectivity index (χ4n) is 3.17. The van der Waals surface area contributed by atoms with Gasteiger partial charge in [-0.05, 0) is 36.2 Å². The van der Waals surface area contributed by atoms with Crippen LogP contribution in [0.25, 0.3) is 0 Å². The van der Waals surface area contributed by atoms with Crippen LogP contribution in [0, 0.1) is 12.8 Å². The van der Waals surface area contributed by atoms with Gasteiger partial charge in [0.25, 0.3) is 0 Å². The van der Waals surface area contributed by atoms with Crippen molar-refractivity contribution in [3.05, 3.63) is 63.6 Å². The zero-order valence-electron chi connectivity index (χ0n) is 14.6. The number of fused-ring (bicyclic) bond motifs is 1. The number of nitrogens with zero attached hydrogens (tertiary/aromatic N) is 2. The molecule has 1 fully saturated rings. The molecule has 2 aromatic carbocycles. The smallest absolute Gasteiger partial charge is 0.241 e. The lowest BCUT2D eigenvalue weighted by molar-refractivity contribution is -0.121. The Morgan fingerprint density at radius 1 is 1.26 bits per heavy atom. The Morgan fingerprint density at radius 3 is 2.89 bits per heavy atom. The Balaban J connectivity index is 1.70. The van der Waals surface area contributed by atoms with Gasteiger partial charge in [0, 0.05) is 22.3 Å². The van der Waals surface area contributed by atoms with E-state index in [9.17, 15) is 4.79 Å². The van der Waals surface area contributed by atoms with Crippen molar-refractivity contribution < 1.29 is 4.79 Å². The molecule has 0 saturated carbocycles. The standard InChI is InChI=1S/C19H18Cl2N4OS/c1-11-6-7-13(20)8-16(11)25-18(26)14-9-22-24-17(14)23-19(25)27-10-12-4-2-3-5-15(12)21/h2-8,14,17,22,24H,9-10H2,1H3. The average Bonchev–Trinajstić information content (AvgIpc) is 3.12. The van der Waals surface area contributed by atoms with Crippen LogP contribution < -0.4 is 15.8 Å². The summed E-state index contributed by atoms with van der Waals surface area (Å²) >= 11 is 14.0. The van der Waals surface area contributed by atoms with Crippen LogP contribution in [0.3, 0.4) is 0 Å². The molecule has 8 heteroatoms. The molecule has 140 valence electrons. The number of carbonyl (C=O) groups is 1. The summed E-state index contributed by atoms with van der Waals surface area (Å²) < 4.78 is 0. The molecule has 0 aromatic heterocycles. The third-order valence-electron chi connectivity index (χ3n) is 4.66. The monoisotopic (exact) mass is 420 g/mol. The van der Waals surface area contributed by atoms with E-state index in [0.29, 0.717) is 27.5 Å². The molecule has 2 aliphatic rings. The van der Waals surface area contributed by atoms with Gasteiger partial charge in [0.2, 0.25) is 5.91 Å². The van der Waals surface area contributed by atoms with E-state index in [2.05, 4.69) is 10.9 Å². The maximum Gasteiger partial charge on any atom is 0.241 e. The number of aliphatic imine (C=N–C) groups is 1. The first kappa shape index (κ1) is 18.8. The van der Waals surface area contributed by atoms with E-state index in [1.54, 1.807) is 4.90 Å². The molecule has 27 heavy (non-hydrogen) atoms. The van der Waals surface area contributed by atoms with Gasteiger partial charge in [-0.1, -0.05) is 59.2 Å². The molecule has 5 nitrogen and oxygen atoms in total. The molecule has 1 saturated heterocycles. The number of hydrazine groups is 1. The predicted molar refractivity (Wildman–Crippen MR) is 112 cm³/mol. The van der Waals surface area contributed by atoms with Gasteiger partial charge in [-0.3, -0.25) is 15.1 Å². The van der Waals surface area contributed by atoms with Gasteiger partial charge in [-0.2, -0.15) is 0 Å². The Kier molecular flexibility index (Phi) is 5.43. The molecule has 2 aromatic rings. The largest absolute Gasteiger partial charge is 0.274 e. The number of aryl methyl sites for hydroxylation is 1. The summed E-state index contributed by atoms with van der Waals surface area (Å²) in [7, 11) is 0. The van der Waals surface area contributed by atoms with Crippen molar-refractivity contribution in [3.63, 3.8) is 0 Å². The maximum absolute atomic E-state index is 13.2. The van der Waals surface area contributed by atoms with Crippen LogP contribution in [0.15, 0.2) is 47.5 Å². The number of amidine groups is 1. The molecule has 2 aliphatic heterocycles. The molecule has 4 rings (SSSR count). The van der Waals surface area contributed by atoms with Gasteiger partial charge in [-0.15, -0.1) is 0 Å². The van der Waals surface area contributed by atoms with E-state index >= 15 is 0 Å². The van der Waals surface area contributed by atoms with Crippen LogP contribution in [-0.4, -0.2) is 23.8 Å². The molecule has 2 atom stereocenters. The lowest BCUT2D eigenvalue weighted by Gasteiger charge is -2.33. The topological polar surface area (TPSA) is 56.7 Å². The number of anilines is 1. The van der Waals surface area contributed by atoms with Crippen molar-refractivity contribution in [2.24, 2.45) is 10.9 Å². The number of nitrogens with one attached hydrogen (secondary N) is 2. The van der Waals surface area contributed by atoms with Crippen LogP contribution in [0.5, 0.6) is 0 Å². The Hall–Kier alpha value is -1.57. The number of benzene rings is 2. The van der Waals surface area contributed by atoms with E-state index in [1.165, 1.54) is 11.8 Å². The number of hydrogen-bond donors (Lipinski definition) is 2. The normalized spacial score (nSPS) is 22.0. The van der Waals surface area contributed by atoms with Crippen molar-refractivity contribution in [1.29, 1.82) is 0 Å². The van der Waals surface area contributed by atoms with Crippen molar-refractivity contribution in [3.8, 4) is 0 Å². The van der Waals surface area contributed by atoms with E-state index in [-0.39, 0.29) is 18.0 Å². The predicted octanol–water partition coefficient (Wildman–Crippen LogP) is 3.99. The first-order valence-electron chi connectivity index (χ1n) is 8.57. The molecule has 2 heterocycles. The second-order valence-corrected chi connectivity index (χ2v) is 8.26. The second-order valence-electron chi connectivity index (χ2n) is 6.47. The van der Waals surface area contributed by atoms with Crippen molar-refractivity contribution in [2.75, 3.05) is 11.4 Å². The summed E-state index contributed by atoms with van der Waals surface area (Å²) in [5.74, 6) is 0.389. The van der Waals surface area contributed by atoms with E-state index in [0.717, 1.165) is 16.8 Å². The van der Waals surface area contributed by atoms with Crippen LogP contribution >= 0.6 is 35.0 Å². The number of amides is 1. The van der Waals surface area contributed by atoms with Gasteiger partial charge in [-0.25, -0.2) is 10.4 Å². The summed E-state index contributed by atoms with van der Waals surface area (Å²) in [6.45, 7) is 2.51. The minimum absolute atomic E-state index is 0.0134. The fraction of sp³-hybridized carbons (Fsp3) is 0.263. The van der Waals surface area contributed by atoms with E-state index in [1.807, 2.05) is 49.4 Å². The first-order chi connectivity index (χ1) is 13.0. The van der Waals surface area contributed by atoms with Crippen LogP contribution in [0.1, 0.15) is 11.1 Å². The highest BCUT2D eigenvalue weighted by molar-refractivity contribution is 8.13. The van der Waals surface area contributed by atoms with Crippen molar-refractivity contribution in [1.82, 2.24) is 10.9 Å². The highest BCUT2D eigenvalue weighted by atomic mass is 35.5. The van der Waals surface area contributed by atoms with Gasteiger partial charge < -0.3 is 0 Å². The van der Waals surface area contributed by atoms with Gasteiger partial charge in [0.05, 0.1) is 11.6 Å². The van der Waals surface area contributed by atoms with E-state index in [4.69, 9.17) is 28.2 Å². The molecule has 2 unspecified atom stereocenters. The first-order valence-corrected chi connectivity index (χ1v) is 10.3. The SMILES string of the molecule is Cc1ccc(Cl)cc1N1C(=O)C2CNNC2N=C1SCc1ccccc1Cl. The maximum atomic E-state index is 13.2. The summed E-state index contributed by atoms with van der Waals surface area (Å²) in [4.78, 5) is 19.7. The van der Waals surface area contributed by atoms with Crippen LogP contribution in [0.2, 0.25) is 10.0 Å². The Bertz CT molecular complexity index is 920. The molecule has 0 bridgehead atoms. The van der Waals surface area contributed by atoms with Crippen LogP contribution in [-0.2, 0) is 10.5 Å². The highest BCUT2D eigenvalue weighted by Crippen LogP contribution is 2.34. The van der Waals surface area contributed by atoms with Crippen molar-refractivity contribution in [2.45, 2.75) is 18.8 Å². The fourth-order valence-corrected chi connectivity index (χ4v) is 4.66. The minimum Gasteiger partial charge on any atom is -0.274 e. The summed E-state index contributed by atoms with van der Waals surface area (Å²) in [5.41, 5.74) is 8.85. The molecular weight excluding hydrogens is 403 g/mol. The zero-order chi connectivity index (χ0) is 19.0. The molecule has 1 amide bonds. The molecule has 0 spiro atoms. The average molecular weight is 421 g/mol. The Labute approximate surface area is 172 Å². The van der Waals surface area contributed by atoms with Gasteiger partial charge in [0.1, 0.15) is 6.17 Å².